The summed E-state index contributed by atoms with van der Waals surface area (Å²) in [5, 5.41) is 3.13. The maximum absolute atomic E-state index is 13.1. The quantitative estimate of drug-likeness (QED) is 0.918. The highest BCUT2D eigenvalue weighted by Crippen LogP contribution is 2.37. The topological polar surface area (TPSA) is 61.8 Å². The molecule has 25 heavy (non-hydrogen) atoms. The van der Waals surface area contributed by atoms with Crippen molar-refractivity contribution in [2.75, 3.05) is 11.4 Å². The van der Waals surface area contributed by atoms with Gasteiger partial charge in [0.2, 0.25) is 11.8 Å². The number of aliphatic imine (C=N–C) groups is 1. The summed E-state index contributed by atoms with van der Waals surface area (Å²) in [5.41, 5.74) is 2.54. The summed E-state index contributed by atoms with van der Waals surface area (Å²) in [5.74, 6) is -0.189. The molecule has 0 saturated heterocycles. The Morgan fingerprint density at radius 1 is 1.12 bits per heavy atom. The molecule has 4 rings (SSSR count). The van der Waals surface area contributed by atoms with Crippen molar-refractivity contribution in [3.8, 4) is 0 Å². The summed E-state index contributed by atoms with van der Waals surface area (Å²) in [4.78, 5) is 32.1. The molecule has 1 aromatic carbocycles. The molecule has 0 unspecified atom stereocenters. The molecular weight excluding hydrogens is 314 g/mol. The smallest absolute Gasteiger partial charge is 0.240 e. The molecule has 5 heteroatoms. The largest absolute Gasteiger partial charge is 0.352 e. The molecule has 1 heterocycles. The molecule has 5 nitrogen and oxygen atoms in total. The van der Waals surface area contributed by atoms with E-state index < -0.39 is 0 Å². The van der Waals surface area contributed by atoms with Crippen molar-refractivity contribution in [2.45, 2.75) is 57.4 Å². The van der Waals surface area contributed by atoms with Gasteiger partial charge in [0, 0.05) is 11.8 Å². The van der Waals surface area contributed by atoms with Crippen LogP contribution in [-0.4, -0.2) is 30.1 Å². The summed E-state index contributed by atoms with van der Waals surface area (Å²) < 4.78 is 0. The first-order chi connectivity index (χ1) is 12.2. The van der Waals surface area contributed by atoms with E-state index in [9.17, 15) is 9.59 Å². The van der Waals surface area contributed by atoms with Gasteiger partial charge in [-0.1, -0.05) is 31.4 Å². The molecule has 3 aliphatic rings. The zero-order chi connectivity index (χ0) is 17.2. The molecule has 1 atom stereocenters. The normalized spacial score (nSPS) is 23.5. The fraction of sp³-hybridized carbons (Fsp3) is 0.550. The lowest BCUT2D eigenvalue weighted by atomic mass is 9.95. The van der Waals surface area contributed by atoms with Gasteiger partial charge in [0.05, 0.1) is 17.3 Å². The van der Waals surface area contributed by atoms with Crippen LogP contribution in [0.5, 0.6) is 0 Å². The van der Waals surface area contributed by atoms with E-state index in [1.165, 1.54) is 19.3 Å². The van der Waals surface area contributed by atoms with Crippen LogP contribution in [0.25, 0.3) is 0 Å². The second-order valence-electron chi connectivity index (χ2n) is 7.36. The number of nitrogens with one attached hydrogen (secondary N) is 1. The highest BCUT2D eigenvalue weighted by atomic mass is 16.2. The Labute approximate surface area is 148 Å². The van der Waals surface area contributed by atoms with Crippen LogP contribution in [0.1, 0.15) is 51.4 Å². The summed E-state index contributed by atoms with van der Waals surface area (Å²) in [6.07, 6.45) is 8.43. The molecule has 2 amide bonds. The maximum Gasteiger partial charge on any atom is 0.240 e. The Hall–Kier alpha value is -2.17. The summed E-state index contributed by atoms with van der Waals surface area (Å²) in [6, 6.07) is 7.92. The lowest BCUT2D eigenvalue weighted by Gasteiger charge is -2.27. The van der Waals surface area contributed by atoms with Crippen LogP contribution in [0.2, 0.25) is 0 Å². The van der Waals surface area contributed by atoms with Crippen molar-refractivity contribution < 1.29 is 9.59 Å². The number of anilines is 1. The first-order valence-corrected chi connectivity index (χ1v) is 9.49. The standard InChI is InChI=1S/C20H25N3O2/c24-19(21-14-7-2-1-3-8-14)13-23-18-12-5-4-10-17(18)22-16-11-6-9-15(16)20(23)25/h4-5,10,12,14-15H,1-3,6-9,11,13H2,(H,21,24)/t15-/m1/s1. The van der Waals surface area contributed by atoms with E-state index in [2.05, 4.69) is 5.32 Å². The van der Waals surface area contributed by atoms with Gasteiger partial charge in [-0.15, -0.1) is 0 Å². The third-order valence-electron chi connectivity index (χ3n) is 5.60. The van der Waals surface area contributed by atoms with Crippen molar-refractivity contribution in [3.05, 3.63) is 24.3 Å². The summed E-state index contributed by atoms with van der Waals surface area (Å²) >= 11 is 0. The third kappa shape index (κ3) is 3.32. The molecule has 0 bridgehead atoms. The Morgan fingerprint density at radius 3 is 2.76 bits per heavy atom. The lowest BCUT2D eigenvalue weighted by molar-refractivity contribution is -0.125. The lowest BCUT2D eigenvalue weighted by Crippen LogP contribution is -2.46. The highest BCUT2D eigenvalue weighted by molar-refractivity contribution is 6.16. The van der Waals surface area contributed by atoms with Crippen LogP contribution < -0.4 is 10.2 Å². The fourth-order valence-electron chi connectivity index (χ4n) is 4.30. The van der Waals surface area contributed by atoms with Crippen LogP contribution in [0, 0.1) is 5.92 Å². The Balaban J connectivity index is 1.55. The SMILES string of the molecule is O=C(CN1C(=O)[C@@H]2CCCC2=Nc2ccccc21)NC1CCCCC1. The van der Waals surface area contributed by atoms with Gasteiger partial charge in [-0.2, -0.15) is 0 Å². The monoisotopic (exact) mass is 339 g/mol. The van der Waals surface area contributed by atoms with Gasteiger partial charge in [-0.3, -0.25) is 14.6 Å². The van der Waals surface area contributed by atoms with Gasteiger partial charge in [-0.05, 0) is 44.2 Å². The summed E-state index contributed by atoms with van der Waals surface area (Å²) in [6.45, 7) is 0.0889. The van der Waals surface area contributed by atoms with Crippen molar-refractivity contribution in [1.82, 2.24) is 5.32 Å². The Morgan fingerprint density at radius 2 is 1.92 bits per heavy atom. The van der Waals surface area contributed by atoms with Gasteiger partial charge in [0.15, 0.2) is 0 Å². The second kappa shape index (κ2) is 6.98. The molecule has 132 valence electrons. The number of benzene rings is 1. The van der Waals surface area contributed by atoms with Crippen LogP contribution in [-0.2, 0) is 9.59 Å². The van der Waals surface area contributed by atoms with Gasteiger partial charge in [-0.25, -0.2) is 0 Å². The van der Waals surface area contributed by atoms with Crippen LogP contribution >= 0.6 is 0 Å². The molecule has 2 saturated carbocycles. The van der Waals surface area contributed by atoms with Crippen molar-refractivity contribution in [3.63, 3.8) is 0 Å². The van der Waals surface area contributed by atoms with E-state index in [1.54, 1.807) is 4.90 Å². The maximum atomic E-state index is 13.1. The van der Waals surface area contributed by atoms with Crippen molar-refractivity contribution >= 4 is 28.9 Å². The zero-order valence-corrected chi connectivity index (χ0v) is 14.5. The van der Waals surface area contributed by atoms with Gasteiger partial charge < -0.3 is 10.2 Å². The minimum atomic E-state index is -0.158. The average molecular weight is 339 g/mol. The van der Waals surface area contributed by atoms with E-state index in [0.717, 1.165) is 49.2 Å². The predicted octanol–water partition coefficient (Wildman–Crippen LogP) is 3.35. The van der Waals surface area contributed by atoms with Gasteiger partial charge in [0.25, 0.3) is 0 Å². The van der Waals surface area contributed by atoms with Crippen molar-refractivity contribution in [1.29, 1.82) is 0 Å². The van der Waals surface area contributed by atoms with Crippen LogP contribution in [0.4, 0.5) is 11.4 Å². The second-order valence-corrected chi connectivity index (χ2v) is 7.36. The van der Waals surface area contributed by atoms with Gasteiger partial charge in [0.1, 0.15) is 6.54 Å². The number of amides is 2. The first-order valence-electron chi connectivity index (χ1n) is 9.49. The van der Waals surface area contributed by atoms with E-state index in [1.807, 2.05) is 24.3 Å². The molecule has 1 N–H and O–H groups in total. The van der Waals surface area contributed by atoms with Gasteiger partial charge >= 0.3 is 0 Å². The first kappa shape index (κ1) is 16.3. The number of fused-ring (bicyclic) bond motifs is 2. The number of rotatable bonds is 3. The zero-order valence-electron chi connectivity index (χ0n) is 14.5. The van der Waals surface area contributed by atoms with E-state index in [0.29, 0.717) is 0 Å². The fourth-order valence-corrected chi connectivity index (χ4v) is 4.30. The van der Waals surface area contributed by atoms with E-state index in [4.69, 9.17) is 4.99 Å². The van der Waals surface area contributed by atoms with Crippen LogP contribution in [0.3, 0.4) is 0 Å². The number of para-hydroxylation sites is 2. The number of hydrogen-bond acceptors (Lipinski definition) is 3. The number of carbonyl (C=O) groups excluding carboxylic acids is 2. The molecule has 1 aliphatic heterocycles. The third-order valence-corrected chi connectivity index (χ3v) is 5.60. The molecule has 0 aromatic heterocycles. The molecule has 2 aliphatic carbocycles. The van der Waals surface area contributed by atoms with Crippen molar-refractivity contribution in [2.24, 2.45) is 10.9 Å². The predicted molar refractivity (Wildman–Crippen MR) is 98.2 cm³/mol. The highest BCUT2D eigenvalue weighted by Gasteiger charge is 2.37. The molecule has 0 spiro atoms. The molecular formula is C20H25N3O2. The molecule has 2 fully saturated rings. The summed E-state index contributed by atoms with van der Waals surface area (Å²) in [7, 11) is 0. The van der Waals surface area contributed by atoms with E-state index >= 15 is 0 Å². The Bertz CT molecular complexity index is 707. The van der Waals surface area contributed by atoms with Crippen LogP contribution in [0.15, 0.2) is 29.3 Å². The van der Waals surface area contributed by atoms with E-state index in [-0.39, 0.29) is 30.3 Å². The molecule has 1 aromatic rings. The average Bonchev–Trinajstić information content (AvgIpc) is 3.05. The number of carbonyl (C=O) groups is 2. The minimum absolute atomic E-state index is 0.0278. The number of hydrogen-bond donors (Lipinski definition) is 1. The Kier molecular flexibility index (Phi) is 4.55. The minimum Gasteiger partial charge on any atom is -0.352 e. The number of nitrogens with zero attached hydrogens (tertiary/aromatic N) is 2. The molecule has 0 radical (unpaired) electrons.